The van der Waals surface area contributed by atoms with E-state index in [9.17, 15) is 9.59 Å². The Hall–Kier alpha value is -2.70. The molecule has 2 atom stereocenters. The van der Waals surface area contributed by atoms with Gasteiger partial charge in [0, 0.05) is 19.6 Å². The van der Waals surface area contributed by atoms with Crippen molar-refractivity contribution in [3.05, 3.63) is 71.3 Å². The van der Waals surface area contributed by atoms with Crippen molar-refractivity contribution in [1.29, 1.82) is 0 Å². The van der Waals surface area contributed by atoms with Crippen LogP contribution in [0.25, 0.3) is 0 Å². The number of hydrogen-bond acceptors (Lipinski definition) is 4. The van der Waals surface area contributed by atoms with E-state index in [-0.39, 0.29) is 24.3 Å². The molecule has 0 spiro atoms. The van der Waals surface area contributed by atoms with Crippen LogP contribution in [0.5, 0.6) is 0 Å². The van der Waals surface area contributed by atoms with Gasteiger partial charge in [0.1, 0.15) is 6.04 Å². The monoisotopic (exact) mass is 437 g/mol. The topological polar surface area (TPSA) is 70.7 Å². The lowest BCUT2D eigenvalue weighted by Crippen LogP contribution is -2.50. The fourth-order valence-electron chi connectivity index (χ4n) is 4.13. The first-order valence-electron chi connectivity index (χ1n) is 11.6. The third kappa shape index (κ3) is 7.18. The summed E-state index contributed by atoms with van der Waals surface area (Å²) in [7, 11) is 0. The maximum absolute atomic E-state index is 13.0. The van der Waals surface area contributed by atoms with Gasteiger partial charge in [-0.3, -0.25) is 14.5 Å². The molecule has 1 aliphatic rings. The van der Waals surface area contributed by atoms with Gasteiger partial charge in [-0.2, -0.15) is 0 Å². The molecular formula is C26H35N3O3. The minimum absolute atomic E-state index is 0.0741. The number of amides is 2. The SMILES string of the molecule is CCCC(NC(=O)Cc1ccccc1)C(=O)NCC(c1cccc(C)c1)N1CCOCC1. The Kier molecular flexibility index (Phi) is 9.26. The summed E-state index contributed by atoms with van der Waals surface area (Å²) < 4.78 is 5.52. The standard InChI is InChI=1S/C26H35N3O3/c1-3-8-23(28-25(30)18-21-10-5-4-6-11-21)26(31)27-19-24(29-13-15-32-16-14-29)22-12-7-9-20(2)17-22/h4-7,9-12,17,23-24H,3,8,13-16,18-19H2,1-2H3,(H,27,31)(H,28,30). The highest BCUT2D eigenvalue weighted by atomic mass is 16.5. The number of carbonyl (C=O) groups excluding carboxylic acids is 2. The Morgan fingerprint density at radius 3 is 2.50 bits per heavy atom. The predicted octanol–water partition coefficient (Wildman–Crippen LogP) is 3.01. The Balaban J connectivity index is 1.63. The van der Waals surface area contributed by atoms with Gasteiger partial charge in [-0.1, -0.05) is 73.5 Å². The normalized spacial score (nSPS) is 16.2. The third-order valence-corrected chi connectivity index (χ3v) is 5.82. The van der Waals surface area contributed by atoms with Crippen LogP contribution in [0.15, 0.2) is 54.6 Å². The number of nitrogens with zero attached hydrogens (tertiary/aromatic N) is 1. The molecule has 2 aromatic rings. The maximum atomic E-state index is 13.0. The van der Waals surface area contributed by atoms with Crippen LogP contribution in [0.1, 0.15) is 42.5 Å². The summed E-state index contributed by atoms with van der Waals surface area (Å²) in [4.78, 5) is 27.9. The number of nitrogens with one attached hydrogen (secondary N) is 2. The number of rotatable bonds is 10. The number of morpholine rings is 1. The van der Waals surface area contributed by atoms with Gasteiger partial charge >= 0.3 is 0 Å². The van der Waals surface area contributed by atoms with Crippen molar-refractivity contribution in [1.82, 2.24) is 15.5 Å². The van der Waals surface area contributed by atoms with Crippen LogP contribution in [0.3, 0.4) is 0 Å². The Labute approximate surface area is 191 Å². The summed E-state index contributed by atoms with van der Waals surface area (Å²) in [6.07, 6.45) is 1.70. The van der Waals surface area contributed by atoms with Crippen molar-refractivity contribution in [3.8, 4) is 0 Å². The largest absolute Gasteiger partial charge is 0.379 e. The minimum Gasteiger partial charge on any atom is -0.379 e. The second-order valence-corrected chi connectivity index (χ2v) is 8.39. The number of aryl methyl sites for hydroxylation is 1. The van der Waals surface area contributed by atoms with E-state index >= 15 is 0 Å². The molecule has 1 aliphatic heterocycles. The van der Waals surface area contributed by atoms with Gasteiger partial charge in [0.15, 0.2) is 0 Å². The number of carbonyl (C=O) groups is 2. The summed E-state index contributed by atoms with van der Waals surface area (Å²) in [5.74, 6) is -0.257. The summed E-state index contributed by atoms with van der Waals surface area (Å²) in [6, 6.07) is 17.6. The van der Waals surface area contributed by atoms with E-state index in [1.165, 1.54) is 11.1 Å². The van der Waals surface area contributed by atoms with E-state index in [2.05, 4.69) is 46.7 Å². The van der Waals surface area contributed by atoms with Crippen molar-refractivity contribution in [3.63, 3.8) is 0 Å². The van der Waals surface area contributed by atoms with Crippen LogP contribution in [0.4, 0.5) is 0 Å². The molecule has 3 rings (SSSR count). The zero-order valence-corrected chi connectivity index (χ0v) is 19.2. The minimum atomic E-state index is -0.529. The number of benzene rings is 2. The van der Waals surface area contributed by atoms with Gasteiger partial charge in [-0.15, -0.1) is 0 Å². The molecule has 0 aromatic heterocycles. The summed E-state index contributed by atoms with van der Waals surface area (Å²) in [6.45, 7) is 7.66. The molecule has 172 valence electrons. The van der Waals surface area contributed by atoms with Crippen LogP contribution in [0, 0.1) is 6.92 Å². The molecular weight excluding hydrogens is 402 g/mol. The van der Waals surface area contributed by atoms with E-state index in [1.54, 1.807) is 0 Å². The lowest BCUT2D eigenvalue weighted by molar-refractivity contribution is -0.129. The molecule has 6 heteroatoms. The predicted molar refractivity (Wildman–Crippen MR) is 126 cm³/mol. The lowest BCUT2D eigenvalue weighted by atomic mass is 10.0. The first-order chi connectivity index (χ1) is 15.6. The molecule has 0 aliphatic carbocycles. The highest BCUT2D eigenvalue weighted by Crippen LogP contribution is 2.22. The molecule has 2 N–H and O–H groups in total. The molecule has 6 nitrogen and oxygen atoms in total. The fraction of sp³-hybridized carbons (Fsp3) is 0.462. The summed E-state index contributed by atoms with van der Waals surface area (Å²) in [5, 5.41) is 6.05. The zero-order chi connectivity index (χ0) is 22.8. The summed E-state index contributed by atoms with van der Waals surface area (Å²) in [5.41, 5.74) is 3.32. The molecule has 1 fully saturated rings. The molecule has 2 amide bonds. The van der Waals surface area contributed by atoms with Crippen molar-refractivity contribution < 1.29 is 14.3 Å². The van der Waals surface area contributed by atoms with Gasteiger partial charge in [0.25, 0.3) is 0 Å². The third-order valence-electron chi connectivity index (χ3n) is 5.82. The Morgan fingerprint density at radius 2 is 1.81 bits per heavy atom. The van der Waals surface area contributed by atoms with Crippen LogP contribution in [-0.4, -0.2) is 55.6 Å². The van der Waals surface area contributed by atoms with E-state index in [0.29, 0.717) is 26.2 Å². The first kappa shape index (κ1) is 24.0. The van der Waals surface area contributed by atoms with Gasteiger partial charge in [0.2, 0.25) is 11.8 Å². The Morgan fingerprint density at radius 1 is 1.06 bits per heavy atom. The molecule has 1 saturated heterocycles. The van der Waals surface area contributed by atoms with E-state index < -0.39 is 6.04 Å². The molecule has 0 bridgehead atoms. The Bertz CT molecular complexity index is 866. The molecule has 2 aromatic carbocycles. The van der Waals surface area contributed by atoms with Gasteiger partial charge in [0.05, 0.1) is 25.7 Å². The fourth-order valence-corrected chi connectivity index (χ4v) is 4.13. The molecule has 32 heavy (non-hydrogen) atoms. The zero-order valence-electron chi connectivity index (χ0n) is 19.2. The quantitative estimate of drug-likeness (QED) is 0.600. The van der Waals surface area contributed by atoms with Crippen molar-refractivity contribution in [2.45, 2.75) is 45.2 Å². The summed E-state index contributed by atoms with van der Waals surface area (Å²) >= 11 is 0. The second-order valence-electron chi connectivity index (χ2n) is 8.39. The van der Waals surface area contributed by atoms with Crippen LogP contribution in [-0.2, 0) is 20.7 Å². The number of ether oxygens (including phenoxy) is 1. The van der Waals surface area contributed by atoms with Crippen LogP contribution in [0.2, 0.25) is 0 Å². The highest BCUT2D eigenvalue weighted by Gasteiger charge is 2.25. The van der Waals surface area contributed by atoms with Crippen LogP contribution < -0.4 is 10.6 Å². The van der Waals surface area contributed by atoms with Gasteiger partial charge in [-0.05, 0) is 24.5 Å². The molecule has 1 heterocycles. The average Bonchev–Trinajstić information content (AvgIpc) is 2.80. The molecule has 0 radical (unpaired) electrons. The first-order valence-corrected chi connectivity index (χ1v) is 11.6. The molecule has 2 unspecified atom stereocenters. The smallest absolute Gasteiger partial charge is 0.242 e. The van der Waals surface area contributed by atoms with Crippen molar-refractivity contribution in [2.75, 3.05) is 32.8 Å². The van der Waals surface area contributed by atoms with Crippen molar-refractivity contribution in [2.24, 2.45) is 0 Å². The highest BCUT2D eigenvalue weighted by molar-refractivity contribution is 5.88. The van der Waals surface area contributed by atoms with Gasteiger partial charge in [-0.25, -0.2) is 0 Å². The molecule has 0 saturated carbocycles. The van der Waals surface area contributed by atoms with E-state index in [4.69, 9.17) is 4.74 Å². The van der Waals surface area contributed by atoms with Gasteiger partial charge < -0.3 is 15.4 Å². The van der Waals surface area contributed by atoms with Crippen molar-refractivity contribution >= 4 is 11.8 Å². The number of hydrogen-bond donors (Lipinski definition) is 2. The lowest BCUT2D eigenvalue weighted by Gasteiger charge is -2.35. The van der Waals surface area contributed by atoms with E-state index in [1.807, 2.05) is 37.3 Å². The maximum Gasteiger partial charge on any atom is 0.242 e. The average molecular weight is 438 g/mol. The second kappa shape index (κ2) is 12.4. The van der Waals surface area contributed by atoms with E-state index in [0.717, 1.165) is 25.1 Å². The van der Waals surface area contributed by atoms with Crippen LogP contribution >= 0.6 is 0 Å².